The SMILES string of the molecule is CSc1ccc2c(cnn2CCN(C)C)c1. The Morgan fingerprint density at radius 2 is 2.19 bits per heavy atom. The van der Waals surface area contributed by atoms with E-state index < -0.39 is 0 Å². The van der Waals surface area contributed by atoms with Crippen molar-refractivity contribution in [3.05, 3.63) is 24.4 Å². The maximum absolute atomic E-state index is 4.42. The highest BCUT2D eigenvalue weighted by Crippen LogP contribution is 2.21. The minimum absolute atomic E-state index is 0.940. The first-order valence-electron chi connectivity index (χ1n) is 5.35. The number of hydrogen-bond donors (Lipinski definition) is 0. The lowest BCUT2D eigenvalue weighted by atomic mass is 10.2. The van der Waals surface area contributed by atoms with E-state index in [4.69, 9.17) is 0 Å². The Balaban J connectivity index is 2.27. The average Bonchev–Trinajstić information content (AvgIpc) is 2.68. The predicted molar refractivity (Wildman–Crippen MR) is 70.1 cm³/mol. The van der Waals surface area contributed by atoms with Crippen LogP contribution in [0.1, 0.15) is 0 Å². The van der Waals surface area contributed by atoms with Crippen molar-refractivity contribution in [3.63, 3.8) is 0 Å². The van der Waals surface area contributed by atoms with Crippen molar-refractivity contribution < 1.29 is 0 Å². The van der Waals surface area contributed by atoms with Crippen molar-refractivity contribution in [1.29, 1.82) is 0 Å². The van der Waals surface area contributed by atoms with E-state index in [2.05, 4.69) is 53.2 Å². The number of likely N-dealkylation sites (N-methyl/N-ethyl adjacent to an activating group) is 1. The standard InChI is InChI=1S/C12H17N3S/c1-14(2)6-7-15-12-5-4-11(16-3)8-10(12)9-13-15/h4-5,8-9H,6-7H2,1-3H3. The third-order valence-corrected chi connectivity index (χ3v) is 3.33. The van der Waals surface area contributed by atoms with E-state index in [1.54, 1.807) is 11.8 Å². The van der Waals surface area contributed by atoms with Crippen LogP contribution in [0.15, 0.2) is 29.3 Å². The maximum atomic E-state index is 4.42. The molecule has 2 rings (SSSR count). The van der Waals surface area contributed by atoms with Gasteiger partial charge in [0.15, 0.2) is 0 Å². The minimum Gasteiger partial charge on any atom is -0.308 e. The molecule has 0 aliphatic carbocycles. The second-order valence-electron chi connectivity index (χ2n) is 4.10. The van der Waals surface area contributed by atoms with E-state index in [1.807, 2.05) is 6.20 Å². The Morgan fingerprint density at radius 1 is 1.38 bits per heavy atom. The molecule has 0 atom stereocenters. The summed E-state index contributed by atoms with van der Waals surface area (Å²) in [5.74, 6) is 0. The van der Waals surface area contributed by atoms with Gasteiger partial charge in [-0.25, -0.2) is 0 Å². The second kappa shape index (κ2) is 4.89. The van der Waals surface area contributed by atoms with Gasteiger partial charge in [-0.05, 0) is 38.6 Å². The van der Waals surface area contributed by atoms with Crippen LogP contribution in [-0.4, -0.2) is 41.6 Å². The first-order chi connectivity index (χ1) is 7.70. The summed E-state index contributed by atoms with van der Waals surface area (Å²) in [7, 11) is 4.16. The molecule has 2 aromatic rings. The molecular formula is C12H17N3S. The van der Waals surface area contributed by atoms with E-state index >= 15 is 0 Å². The fourth-order valence-electron chi connectivity index (χ4n) is 1.67. The molecule has 0 saturated heterocycles. The molecule has 86 valence electrons. The van der Waals surface area contributed by atoms with E-state index in [-0.39, 0.29) is 0 Å². The zero-order chi connectivity index (χ0) is 11.5. The maximum Gasteiger partial charge on any atom is 0.0683 e. The van der Waals surface area contributed by atoms with Crippen LogP contribution in [0.5, 0.6) is 0 Å². The van der Waals surface area contributed by atoms with Gasteiger partial charge >= 0.3 is 0 Å². The van der Waals surface area contributed by atoms with Crippen LogP contribution in [0.2, 0.25) is 0 Å². The molecule has 0 bridgehead atoms. The summed E-state index contributed by atoms with van der Waals surface area (Å²) in [5, 5.41) is 5.65. The van der Waals surface area contributed by atoms with Gasteiger partial charge in [0.2, 0.25) is 0 Å². The topological polar surface area (TPSA) is 21.1 Å². The third kappa shape index (κ3) is 2.39. The van der Waals surface area contributed by atoms with Gasteiger partial charge in [0.1, 0.15) is 0 Å². The summed E-state index contributed by atoms with van der Waals surface area (Å²) < 4.78 is 2.07. The molecule has 0 saturated carbocycles. The largest absolute Gasteiger partial charge is 0.308 e. The van der Waals surface area contributed by atoms with E-state index in [0.717, 1.165) is 13.1 Å². The van der Waals surface area contributed by atoms with Crippen LogP contribution in [0.25, 0.3) is 10.9 Å². The van der Waals surface area contributed by atoms with E-state index in [1.165, 1.54) is 15.8 Å². The zero-order valence-electron chi connectivity index (χ0n) is 9.97. The predicted octanol–water partition coefficient (Wildman–Crippen LogP) is 2.32. The highest BCUT2D eigenvalue weighted by molar-refractivity contribution is 7.98. The quantitative estimate of drug-likeness (QED) is 0.759. The molecular weight excluding hydrogens is 218 g/mol. The third-order valence-electron chi connectivity index (χ3n) is 2.61. The molecule has 0 amide bonds. The Morgan fingerprint density at radius 3 is 2.88 bits per heavy atom. The Bertz CT molecular complexity index is 476. The van der Waals surface area contributed by atoms with Gasteiger partial charge in [-0.3, -0.25) is 4.68 Å². The summed E-state index contributed by atoms with van der Waals surface area (Å²) in [6, 6.07) is 6.50. The molecule has 0 aliphatic heterocycles. The minimum atomic E-state index is 0.940. The van der Waals surface area contributed by atoms with Gasteiger partial charge in [-0.2, -0.15) is 5.10 Å². The van der Waals surface area contributed by atoms with Crippen LogP contribution in [0.4, 0.5) is 0 Å². The Labute approximate surface area is 100 Å². The van der Waals surface area contributed by atoms with Crippen molar-refractivity contribution in [1.82, 2.24) is 14.7 Å². The first-order valence-corrected chi connectivity index (χ1v) is 6.57. The number of hydrogen-bond acceptors (Lipinski definition) is 3. The molecule has 0 aliphatic rings. The molecule has 0 radical (unpaired) electrons. The zero-order valence-corrected chi connectivity index (χ0v) is 10.8. The lowest BCUT2D eigenvalue weighted by Crippen LogP contribution is -2.18. The van der Waals surface area contributed by atoms with Crippen molar-refractivity contribution in [2.75, 3.05) is 26.9 Å². The lowest BCUT2D eigenvalue weighted by molar-refractivity contribution is 0.377. The summed E-state index contributed by atoms with van der Waals surface area (Å²) in [6.07, 6.45) is 4.04. The summed E-state index contributed by atoms with van der Waals surface area (Å²) in [5.41, 5.74) is 1.22. The lowest BCUT2D eigenvalue weighted by Gasteiger charge is -2.09. The van der Waals surface area contributed by atoms with Gasteiger partial charge in [-0.1, -0.05) is 0 Å². The molecule has 1 heterocycles. The molecule has 16 heavy (non-hydrogen) atoms. The highest BCUT2D eigenvalue weighted by Gasteiger charge is 2.03. The second-order valence-corrected chi connectivity index (χ2v) is 4.98. The summed E-state index contributed by atoms with van der Waals surface area (Å²) >= 11 is 1.77. The highest BCUT2D eigenvalue weighted by atomic mass is 32.2. The number of nitrogens with zero attached hydrogens (tertiary/aromatic N) is 3. The van der Waals surface area contributed by atoms with Crippen LogP contribution in [0, 0.1) is 0 Å². The Kier molecular flexibility index (Phi) is 3.51. The molecule has 1 aromatic carbocycles. The molecule has 1 aromatic heterocycles. The number of thioether (sulfide) groups is 1. The van der Waals surface area contributed by atoms with Crippen LogP contribution in [-0.2, 0) is 6.54 Å². The van der Waals surface area contributed by atoms with Crippen molar-refractivity contribution >= 4 is 22.7 Å². The molecule has 4 heteroatoms. The summed E-state index contributed by atoms with van der Waals surface area (Å²) in [6.45, 7) is 1.95. The monoisotopic (exact) mass is 235 g/mol. The summed E-state index contributed by atoms with van der Waals surface area (Å²) in [4.78, 5) is 3.46. The van der Waals surface area contributed by atoms with Crippen molar-refractivity contribution in [3.8, 4) is 0 Å². The number of rotatable bonds is 4. The number of benzene rings is 1. The smallest absolute Gasteiger partial charge is 0.0683 e. The van der Waals surface area contributed by atoms with Gasteiger partial charge in [-0.15, -0.1) is 11.8 Å². The molecule has 0 spiro atoms. The van der Waals surface area contributed by atoms with Gasteiger partial charge < -0.3 is 4.90 Å². The van der Waals surface area contributed by atoms with E-state index in [9.17, 15) is 0 Å². The molecule has 0 N–H and O–H groups in total. The first kappa shape index (κ1) is 11.5. The van der Waals surface area contributed by atoms with Crippen molar-refractivity contribution in [2.45, 2.75) is 11.4 Å². The van der Waals surface area contributed by atoms with Gasteiger partial charge in [0.05, 0.1) is 18.3 Å². The van der Waals surface area contributed by atoms with Crippen LogP contribution >= 0.6 is 11.8 Å². The molecule has 0 fully saturated rings. The average molecular weight is 235 g/mol. The molecule has 0 unspecified atom stereocenters. The van der Waals surface area contributed by atoms with Crippen LogP contribution < -0.4 is 0 Å². The van der Waals surface area contributed by atoms with Crippen LogP contribution in [0.3, 0.4) is 0 Å². The van der Waals surface area contributed by atoms with Crippen molar-refractivity contribution in [2.24, 2.45) is 0 Å². The fraction of sp³-hybridized carbons (Fsp3) is 0.417. The van der Waals surface area contributed by atoms with Gasteiger partial charge in [0.25, 0.3) is 0 Å². The van der Waals surface area contributed by atoms with Gasteiger partial charge in [0, 0.05) is 16.8 Å². The van der Waals surface area contributed by atoms with E-state index in [0.29, 0.717) is 0 Å². The Hall–Kier alpha value is -1.00. The number of aromatic nitrogens is 2. The molecule has 3 nitrogen and oxygen atoms in total. The fourth-order valence-corrected chi connectivity index (χ4v) is 2.11. The normalized spacial score (nSPS) is 11.5. The number of fused-ring (bicyclic) bond motifs is 1.